The number of phenols is 1. The summed E-state index contributed by atoms with van der Waals surface area (Å²) in [4.78, 5) is 4.17. The predicted octanol–water partition coefficient (Wildman–Crippen LogP) is 3.85. The number of phenolic OH excluding ortho intramolecular Hbond substituents is 1. The lowest BCUT2D eigenvalue weighted by Gasteiger charge is -1.96. The predicted molar refractivity (Wildman–Crippen MR) is 66.1 cm³/mol. The molecule has 3 nitrogen and oxygen atoms in total. The van der Waals surface area contributed by atoms with Crippen LogP contribution >= 0.6 is 11.6 Å². The molecule has 17 heavy (non-hydrogen) atoms. The van der Waals surface area contributed by atoms with Crippen molar-refractivity contribution in [3.8, 4) is 17.1 Å². The van der Waals surface area contributed by atoms with E-state index < -0.39 is 0 Å². The van der Waals surface area contributed by atoms with Gasteiger partial charge < -0.3 is 9.52 Å². The number of hydrogen-bond acceptors (Lipinski definition) is 3. The highest BCUT2D eigenvalue weighted by molar-refractivity contribution is 6.34. The monoisotopic (exact) mass is 245 g/mol. The van der Waals surface area contributed by atoms with Gasteiger partial charge in [-0.2, -0.15) is 0 Å². The fraction of sp³-hybridized carbons (Fsp3) is 0. The van der Waals surface area contributed by atoms with Crippen LogP contribution in [-0.2, 0) is 0 Å². The molecule has 2 aromatic heterocycles. The number of furan rings is 1. The Bertz CT molecular complexity index is 691. The smallest absolute Gasteiger partial charge is 0.171 e. The fourth-order valence-corrected chi connectivity index (χ4v) is 1.90. The van der Waals surface area contributed by atoms with Crippen LogP contribution in [0.15, 0.2) is 47.0 Å². The molecule has 0 saturated carbocycles. The Morgan fingerprint density at radius 3 is 2.82 bits per heavy atom. The van der Waals surface area contributed by atoms with Gasteiger partial charge in [0.2, 0.25) is 0 Å². The number of rotatable bonds is 1. The van der Waals surface area contributed by atoms with E-state index >= 15 is 0 Å². The van der Waals surface area contributed by atoms with Crippen LogP contribution in [0.2, 0.25) is 5.02 Å². The van der Waals surface area contributed by atoms with E-state index in [2.05, 4.69) is 4.98 Å². The van der Waals surface area contributed by atoms with Crippen LogP contribution in [0.5, 0.6) is 5.75 Å². The van der Waals surface area contributed by atoms with Gasteiger partial charge in [-0.3, -0.25) is 4.98 Å². The summed E-state index contributed by atoms with van der Waals surface area (Å²) >= 11 is 6.01. The van der Waals surface area contributed by atoms with Crippen molar-refractivity contribution in [2.24, 2.45) is 0 Å². The topological polar surface area (TPSA) is 46.3 Å². The van der Waals surface area contributed by atoms with Crippen LogP contribution in [0.3, 0.4) is 0 Å². The van der Waals surface area contributed by atoms with E-state index in [4.69, 9.17) is 16.0 Å². The molecule has 1 aromatic carbocycles. The highest BCUT2D eigenvalue weighted by Crippen LogP contribution is 2.31. The molecule has 3 aromatic rings. The molecule has 0 aliphatic carbocycles. The molecule has 3 rings (SSSR count). The zero-order valence-electron chi connectivity index (χ0n) is 8.72. The molecule has 0 unspecified atom stereocenters. The van der Waals surface area contributed by atoms with Crippen molar-refractivity contribution in [2.45, 2.75) is 0 Å². The molecule has 0 bridgehead atoms. The second-order valence-electron chi connectivity index (χ2n) is 3.67. The molecule has 0 aliphatic rings. The maximum Gasteiger partial charge on any atom is 0.171 e. The SMILES string of the molecule is Oc1cccc(-c2cc3nccc(Cl)c3o2)c1. The van der Waals surface area contributed by atoms with Crippen LogP contribution in [0.1, 0.15) is 0 Å². The quantitative estimate of drug-likeness (QED) is 0.708. The Morgan fingerprint density at radius 2 is 2.06 bits per heavy atom. The van der Waals surface area contributed by atoms with Gasteiger partial charge in [-0.15, -0.1) is 0 Å². The number of hydrogen-bond donors (Lipinski definition) is 1. The van der Waals surface area contributed by atoms with E-state index in [1.54, 1.807) is 36.5 Å². The summed E-state index contributed by atoms with van der Waals surface area (Å²) in [7, 11) is 0. The summed E-state index contributed by atoms with van der Waals surface area (Å²) in [5.74, 6) is 0.832. The first kappa shape index (κ1) is 10.2. The third kappa shape index (κ3) is 1.74. The van der Waals surface area contributed by atoms with E-state index in [-0.39, 0.29) is 5.75 Å². The zero-order chi connectivity index (χ0) is 11.8. The fourth-order valence-electron chi connectivity index (χ4n) is 1.71. The van der Waals surface area contributed by atoms with Crippen molar-refractivity contribution in [1.29, 1.82) is 0 Å². The summed E-state index contributed by atoms with van der Waals surface area (Å²) in [5, 5.41) is 9.95. The normalized spacial score (nSPS) is 10.9. The first-order valence-corrected chi connectivity index (χ1v) is 5.45. The molecule has 2 heterocycles. The van der Waals surface area contributed by atoms with Crippen LogP contribution in [0.4, 0.5) is 0 Å². The standard InChI is InChI=1S/C13H8ClNO2/c14-10-4-5-15-11-7-12(17-13(10)11)8-2-1-3-9(16)6-8/h1-7,16H. The first-order chi connectivity index (χ1) is 8.24. The molecule has 4 heteroatoms. The molecular weight excluding hydrogens is 238 g/mol. The van der Waals surface area contributed by atoms with Gasteiger partial charge in [0.25, 0.3) is 0 Å². The highest BCUT2D eigenvalue weighted by atomic mass is 35.5. The maximum absolute atomic E-state index is 9.42. The molecule has 0 spiro atoms. The van der Waals surface area contributed by atoms with Crippen LogP contribution in [0, 0.1) is 0 Å². The van der Waals surface area contributed by atoms with Gasteiger partial charge in [-0.25, -0.2) is 0 Å². The largest absolute Gasteiger partial charge is 0.508 e. The minimum Gasteiger partial charge on any atom is -0.508 e. The Balaban J connectivity index is 2.22. The summed E-state index contributed by atoms with van der Waals surface area (Å²) in [5.41, 5.74) is 2.06. The second-order valence-corrected chi connectivity index (χ2v) is 4.08. The number of halogens is 1. The van der Waals surface area contributed by atoms with E-state index in [1.807, 2.05) is 6.07 Å². The van der Waals surface area contributed by atoms with Crippen LogP contribution < -0.4 is 0 Å². The van der Waals surface area contributed by atoms with E-state index in [0.717, 1.165) is 5.56 Å². The minimum atomic E-state index is 0.196. The lowest BCUT2D eigenvalue weighted by Crippen LogP contribution is -1.72. The Morgan fingerprint density at radius 1 is 1.18 bits per heavy atom. The maximum atomic E-state index is 9.42. The molecule has 0 amide bonds. The van der Waals surface area contributed by atoms with Crippen molar-refractivity contribution in [2.75, 3.05) is 0 Å². The molecule has 0 fully saturated rings. The summed E-state index contributed by atoms with van der Waals surface area (Å²) in [6.07, 6.45) is 1.63. The molecule has 0 aliphatic heterocycles. The van der Waals surface area contributed by atoms with Crippen molar-refractivity contribution in [3.05, 3.63) is 47.6 Å². The lowest BCUT2D eigenvalue weighted by atomic mass is 10.1. The number of aromatic hydroxyl groups is 1. The van der Waals surface area contributed by atoms with Crippen molar-refractivity contribution in [3.63, 3.8) is 0 Å². The number of nitrogens with zero attached hydrogens (tertiary/aromatic N) is 1. The molecule has 0 radical (unpaired) electrons. The van der Waals surface area contributed by atoms with E-state index in [0.29, 0.717) is 21.9 Å². The van der Waals surface area contributed by atoms with Crippen molar-refractivity contribution in [1.82, 2.24) is 4.98 Å². The van der Waals surface area contributed by atoms with Crippen molar-refractivity contribution < 1.29 is 9.52 Å². The van der Waals surface area contributed by atoms with Crippen LogP contribution in [0.25, 0.3) is 22.4 Å². The summed E-state index contributed by atoms with van der Waals surface area (Å²) in [6, 6.07) is 10.3. The zero-order valence-corrected chi connectivity index (χ0v) is 9.48. The molecule has 0 saturated heterocycles. The Labute approximate surface area is 102 Å². The molecular formula is C13H8ClNO2. The second kappa shape index (κ2) is 3.79. The molecule has 84 valence electrons. The van der Waals surface area contributed by atoms with Gasteiger partial charge in [0.15, 0.2) is 5.58 Å². The number of aromatic nitrogens is 1. The van der Waals surface area contributed by atoms with Gasteiger partial charge in [0.05, 0.1) is 5.02 Å². The molecule has 0 atom stereocenters. The number of pyridine rings is 1. The molecule has 1 N–H and O–H groups in total. The van der Waals surface area contributed by atoms with Gasteiger partial charge in [-0.1, -0.05) is 23.7 Å². The first-order valence-electron chi connectivity index (χ1n) is 5.07. The minimum absolute atomic E-state index is 0.196. The van der Waals surface area contributed by atoms with E-state index in [1.165, 1.54) is 0 Å². The van der Waals surface area contributed by atoms with E-state index in [9.17, 15) is 5.11 Å². The van der Waals surface area contributed by atoms with Gasteiger partial charge >= 0.3 is 0 Å². The number of fused-ring (bicyclic) bond motifs is 1. The van der Waals surface area contributed by atoms with Gasteiger partial charge in [0, 0.05) is 17.8 Å². The third-order valence-corrected chi connectivity index (χ3v) is 2.79. The summed E-state index contributed by atoms with van der Waals surface area (Å²) < 4.78 is 5.63. The van der Waals surface area contributed by atoms with Crippen molar-refractivity contribution >= 4 is 22.7 Å². The third-order valence-electron chi connectivity index (χ3n) is 2.49. The average Bonchev–Trinajstić information content (AvgIpc) is 2.74. The Hall–Kier alpha value is -2.00. The Kier molecular flexibility index (Phi) is 2.27. The number of benzene rings is 1. The van der Waals surface area contributed by atoms with Gasteiger partial charge in [-0.05, 0) is 18.2 Å². The highest BCUT2D eigenvalue weighted by Gasteiger charge is 2.09. The van der Waals surface area contributed by atoms with Crippen LogP contribution in [-0.4, -0.2) is 10.1 Å². The average molecular weight is 246 g/mol. The van der Waals surface area contributed by atoms with Gasteiger partial charge in [0.1, 0.15) is 17.0 Å². The lowest BCUT2D eigenvalue weighted by molar-refractivity contribution is 0.475. The summed E-state index contributed by atoms with van der Waals surface area (Å²) in [6.45, 7) is 0.